The lowest BCUT2D eigenvalue weighted by molar-refractivity contribution is 0.386. The summed E-state index contributed by atoms with van der Waals surface area (Å²) < 4.78 is 14.6. The minimum Gasteiger partial charge on any atom is -0.222 e. The molecule has 10 rings (SSSR count). The molecule has 1 aromatic heterocycles. The normalized spacial score (nSPS) is 14.9. The summed E-state index contributed by atoms with van der Waals surface area (Å²) in [6.07, 6.45) is 0. The van der Waals surface area contributed by atoms with Gasteiger partial charge >= 0.3 is 0 Å². The minimum atomic E-state index is -1.58. The molecule has 1 aliphatic carbocycles. The van der Waals surface area contributed by atoms with Gasteiger partial charge in [-0.05, 0) is 107 Å². The molecule has 0 bridgehead atoms. The van der Waals surface area contributed by atoms with Gasteiger partial charge in [-0.3, -0.25) is 0 Å². The third-order valence-corrected chi connectivity index (χ3v) is 11.2. The molecular formula is C46H27FIN3. The molecule has 0 amide bonds. The van der Waals surface area contributed by atoms with E-state index in [1.54, 1.807) is 0 Å². The van der Waals surface area contributed by atoms with Crippen molar-refractivity contribution >= 4 is 54.9 Å². The Balaban J connectivity index is 1.10. The van der Waals surface area contributed by atoms with E-state index in [0.717, 1.165) is 60.5 Å². The largest absolute Gasteiger partial charge is 0.222 e. The van der Waals surface area contributed by atoms with E-state index < -0.39 is 3.68 Å². The van der Waals surface area contributed by atoms with Crippen molar-refractivity contribution < 1.29 is 4.39 Å². The van der Waals surface area contributed by atoms with E-state index in [4.69, 9.17) is 15.0 Å². The fourth-order valence-corrected chi connectivity index (χ4v) is 8.26. The van der Waals surface area contributed by atoms with E-state index in [2.05, 4.69) is 109 Å². The van der Waals surface area contributed by atoms with Crippen LogP contribution in [-0.2, 0) is 3.68 Å². The van der Waals surface area contributed by atoms with Crippen LogP contribution < -0.4 is 0 Å². The molecule has 240 valence electrons. The summed E-state index contributed by atoms with van der Waals surface area (Å²) in [5.74, 6) is 1.84. The number of fused-ring (bicyclic) bond motifs is 6. The molecule has 8 aromatic carbocycles. The summed E-state index contributed by atoms with van der Waals surface area (Å²) in [4.78, 5) is 15.2. The highest BCUT2D eigenvalue weighted by Gasteiger charge is 2.41. The van der Waals surface area contributed by atoms with Crippen molar-refractivity contribution in [1.82, 2.24) is 15.0 Å². The molecule has 1 atom stereocenters. The van der Waals surface area contributed by atoms with Crippen LogP contribution in [-0.4, -0.2) is 15.0 Å². The maximum absolute atomic E-state index is 16.2. The van der Waals surface area contributed by atoms with E-state index in [1.807, 2.05) is 77.2 Å². The molecule has 3 nitrogen and oxygen atoms in total. The molecule has 0 radical (unpaired) electrons. The Morgan fingerprint density at radius 3 is 1.33 bits per heavy atom. The van der Waals surface area contributed by atoms with Crippen molar-refractivity contribution in [3.8, 4) is 56.4 Å². The summed E-state index contributed by atoms with van der Waals surface area (Å²) in [5, 5.41) is 6.74. The van der Waals surface area contributed by atoms with Gasteiger partial charge in [0.2, 0.25) is 3.68 Å². The van der Waals surface area contributed by atoms with Crippen molar-refractivity contribution in [2.75, 3.05) is 0 Å². The highest BCUT2D eigenvalue weighted by molar-refractivity contribution is 14.1. The second-order valence-corrected chi connectivity index (χ2v) is 14.6. The molecule has 1 unspecified atom stereocenters. The number of hydrogen-bond donors (Lipinski definition) is 0. The van der Waals surface area contributed by atoms with Gasteiger partial charge in [0, 0.05) is 27.8 Å². The van der Waals surface area contributed by atoms with Crippen LogP contribution in [0, 0.1) is 0 Å². The van der Waals surface area contributed by atoms with Gasteiger partial charge in [0.25, 0.3) is 0 Å². The van der Waals surface area contributed by atoms with Crippen LogP contribution in [0.2, 0.25) is 0 Å². The average Bonchev–Trinajstić information content (AvgIpc) is 3.42. The zero-order chi connectivity index (χ0) is 34.1. The van der Waals surface area contributed by atoms with Crippen LogP contribution in [0.15, 0.2) is 164 Å². The molecule has 51 heavy (non-hydrogen) atoms. The van der Waals surface area contributed by atoms with E-state index in [1.165, 1.54) is 10.8 Å². The monoisotopic (exact) mass is 767 g/mol. The second-order valence-electron chi connectivity index (χ2n) is 13.1. The van der Waals surface area contributed by atoms with Crippen LogP contribution in [0.4, 0.5) is 4.39 Å². The van der Waals surface area contributed by atoms with Gasteiger partial charge in [-0.25, -0.2) is 19.3 Å². The van der Waals surface area contributed by atoms with Crippen molar-refractivity contribution in [2.24, 2.45) is 0 Å². The van der Waals surface area contributed by atoms with E-state index in [-0.39, 0.29) is 0 Å². The zero-order valence-electron chi connectivity index (χ0n) is 27.2. The summed E-state index contributed by atoms with van der Waals surface area (Å²) in [6.45, 7) is 0. The SMILES string of the molecule is FC1(I)c2ccccc2-c2ccc(-c3ccc4ccc(-c5nc(-c6ccc7ccccc7c6)nc(-c6ccc7ccccc7c6)n5)cc4c3)cc21. The molecule has 0 saturated heterocycles. The number of hydrogen-bond acceptors (Lipinski definition) is 3. The third kappa shape index (κ3) is 5.11. The predicted molar refractivity (Wildman–Crippen MR) is 215 cm³/mol. The lowest BCUT2D eigenvalue weighted by Crippen LogP contribution is -2.08. The summed E-state index contributed by atoms with van der Waals surface area (Å²) in [6, 6.07) is 56.0. The van der Waals surface area contributed by atoms with Gasteiger partial charge in [-0.1, -0.05) is 133 Å². The van der Waals surface area contributed by atoms with Crippen LogP contribution in [0.3, 0.4) is 0 Å². The molecular weight excluding hydrogens is 740 g/mol. The Kier molecular flexibility index (Phi) is 6.86. The third-order valence-electron chi connectivity index (χ3n) is 10.00. The number of nitrogens with zero attached hydrogens (tertiary/aromatic N) is 3. The fourth-order valence-electron chi connectivity index (χ4n) is 7.34. The quantitative estimate of drug-likeness (QED) is 0.132. The minimum absolute atomic E-state index is 0.603. The van der Waals surface area contributed by atoms with Gasteiger partial charge in [0.1, 0.15) is 0 Å². The average molecular weight is 768 g/mol. The number of aromatic nitrogens is 3. The Bertz CT molecular complexity index is 2760. The molecule has 0 aliphatic heterocycles. The fraction of sp³-hybridized carbons (Fsp3) is 0.0217. The van der Waals surface area contributed by atoms with Gasteiger partial charge in [0.15, 0.2) is 17.5 Å². The molecule has 5 heteroatoms. The maximum Gasteiger partial charge on any atom is 0.212 e. The molecule has 1 heterocycles. The lowest BCUT2D eigenvalue weighted by atomic mass is 9.96. The van der Waals surface area contributed by atoms with Crippen molar-refractivity contribution in [3.63, 3.8) is 0 Å². The molecule has 9 aromatic rings. The smallest absolute Gasteiger partial charge is 0.212 e. The number of rotatable bonds is 4. The number of halogens is 2. The molecule has 0 fully saturated rings. The Labute approximate surface area is 307 Å². The Morgan fingerprint density at radius 2 is 0.745 bits per heavy atom. The number of alkyl halides is 2. The molecule has 0 spiro atoms. The standard InChI is InChI=1S/C46H27FIN3/c47-46(48)41-12-6-5-11-39(41)40-22-21-34(27-42(40)46)33-17-13-30-16-20-37(26-38(30)25-33)45-50-43(35-18-14-28-7-1-3-9-31(28)23-35)49-44(51-45)36-19-15-29-8-2-4-10-32(29)24-36/h1-27H. The Morgan fingerprint density at radius 1 is 0.353 bits per heavy atom. The molecule has 1 aliphatic rings. The van der Waals surface area contributed by atoms with Crippen molar-refractivity contribution in [1.29, 1.82) is 0 Å². The highest BCUT2D eigenvalue weighted by Crippen LogP contribution is 2.54. The van der Waals surface area contributed by atoms with Gasteiger partial charge in [0.05, 0.1) is 0 Å². The van der Waals surface area contributed by atoms with Gasteiger partial charge < -0.3 is 0 Å². The van der Waals surface area contributed by atoms with E-state index in [0.29, 0.717) is 28.6 Å². The second kappa shape index (κ2) is 11.6. The first-order chi connectivity index (χ1) is 25.0. The highest BCUT2D eigenvalue weighted by atomic mass is 127. The van der Waals surface area contributed by atoms with Crippen LogP contribution in [0.25, 0.3) is 88.7 Å². The van der Waals surface area contributed by atoms with Crippen LogP contribution in [0.1, 0.15) is 11.1 Å². The number of benzene rings is 8. The van der Waals surface area contributed by atoms with Crippen molar-refractivity contribution in [3.05, 3.63) is 175 Å². The zero-order valence-corrected chi connectivity index (χ0v) is 29.3. The van der Waals surface area contributed by atoms with E-state index in [9.17, 15) is 0 Å². The van der Waals surface area contributed by atoms with Gasteiger partial charge in [-0.2, -0.15) is 0 Å². The Hall–Kier alpha value is -5.79. The molecule has 0 N–H and O–H groups in total. The first-order valence-corrected chi connectivity index (χ1v) is 18.0. The first kappa shape index (κ1) is 30.1. The van der Waals surface area contributed by atoms with Crippen molar-refractivity contribution in [2.45, 2.75) is 3.68 Å². The summed E-state index contributed by atoms with van der Waals surface area (Å²) in [5.41, 5.74) is 8.08. The van der Waals surface area contributed by atoms with E-state index >= 15 is 4.39 Å². The topological polar surface area (TPSA) is 38.7 Å². The predicted octanol–water partition coefficient (Wildman–Crippen LogP) is 12.6. The lowest BCUT2D eigenvalue weighted by Gasteiger charge is -2.15. The first-order valence-electron chi connectivity index (χ1n) is 16.9. The van der Waals surface area contributed by atoms with Crippen LogP contribution in [0.5, 0.6) is 0 Å². The summed E-state index contributed by atoms with van der Waals surface area (Å²) >= 11 is 1.95. The summed E-state index contributed by atoms with van der Waals surface area (Å²) in [7, 11) is 0. The maximum atomic E-state index is 16.2. The van der Waals surface area contributed by atoms with Crippen LogP contribution >= 0.6 is 22.6 Å². The van der Waals surface area contributed by atoms with Gasteiger partial charge in [-0.15, -0.1) is 0 Å². The molecule has 0 saturated carbocycles.